The van der Waals surface area contributed by atoms with Gasteiger partial charge in [0.05, 0.1) is 0 Å². The van der Waals surface area contributed by atoms with E-state index < -0.39 is 5.97 Å². The van der Waals surface area contributed by atoms with E-state index >= 15 is 0 Å². The molecule has 0 aromatic carbocycles. The molecule has 0 fully saturated rings. The summed E-state index contributed by atoms with van der Waals surface area (Å²) in [6, 6.07) is 3.85. The Hall–Kier alpha value is -1.58. The summed E-state index contributed by atoms with van der Waals surface area (Å²) >= 11 is 0. The van der Waals surface area contributed by atoms with Crippen LogP contribution in [-0.4, -0.2) is 16.1 Å². The number of nitrogens with two attached hydrogens (primary N) is 1. The summed E-state index contributed by atoms with van der Waals surface area (Å²) in [7, 11) is 0. The zero-order valence-electron chi connectivity index (χ0n) is 5.03. The number of aromatic nitrogens is 1. The Kier molecular flexibility index (Phi) is 1.53. The number of carboxylic acids is 1. The van der Waals surface area contributed by atoms with Crippen LogP contribution in [0.5, 0.6) is 0 Å². The monoisotopic (exact) mass is 137 g/mol. The number of aromatic carboxylic acids is 1. The molecule has 0 unspecified atom stereocenters. The smallest absolute Gasteiger partial charge is 0.340 e. The molecular weight excluding hydrogens is 132 g/mol. The van der Waals surface area contributed by atoms with Gasteiger partial charge in [0.1, 0.15) is 11.4 Å². The number of pyridine rings is 1. The minimum absolute atomic E-state index is 0.00463. The fraction of sp³-hybridized carbons (Fsp3) is 0. The molecule has 0 spiro atoms. The number of carbonyl (C=O) groups is 1. The minimum atomic E-state index is -1.11. The molecule has 0 aliphatic carbocycles. The second-order valence-corrected chi connectivity index (χ2v) is 1.65. The molecular formula is C6H5N2O2. The van der Waals surface area contributed by atoms with Crippen LogP contribution in [0.4, 0.5) is 5.82 Å². The van der Waals surface area contributed by atoms with Gasteiger partial charge in [-0.25, -0.2) is 9.78 Å². The van der Waals surface area contributed by atoms with Crippen LogP contribution < -0.4 is 5.73 Å². The number of rotatable bonds is 1. The van der Waals surface area contributed by atoms with Gasteiger partial charge in [-0.3, -0.25) is 0 Å². The van der Waals surface area contributed by atoms with E-state index in [0.29, 0.717) is 0 Å². The number of hydrogen-bond acceptors (Lipinski definition) is 3. The van der Waals surface area contributed by atoms with Crippen molar-refractivity contribution >= 4 is 11.8 Å². The first-order valence-corrected chi connectivity index (χ1v) is 2.57. The van der Waals surface area contributed by atoms with Gasteiger partial charge < -0.3 is 10.8 Å². The van der Waals surface area contributed by atoms with Crippen molar-refractivity contribution in [1.82, 2.24) is 4.98 Å². The molecule has 1 aromatic heterocycles. The summed E-state index contributed by atoms with van der Waals surface area (Å²) < 4.78 is 0. The van der Waals surface area contributed by atoms with Crippen LogP contribution in [0.2, 0.25) is 0 Å². The maximum atomic E-state index is 10.3. The summed E-state index contributed by atoms with van der Waals surface area (Å²) in [5, 5.41) is 8.41. The Bertz CT molecular complexity index is 260. The van der Waals surface area contributed by atoms with Gasteiger partial charge >= 0.3 is 5.97 Å². The predicted octanol–water partition coefficient (Wildman–Crippen LogP) is 0.162. The van der Waals surface area contributed by atoms with Crippen LogP contribution in [0.25, 0.3) is 0 Å². The Morgan fingerprint density at radius 2 is 2.50 bits per heavy atom. The second kappa shape index (κ2) is 2.34. The van der Waals surface area contributed by atoms with Crippen molar-refractivity contribution < 1.29 is 9.90 Å². The van der Waals surface area contributed by atoms with Crippen LogP contribution >= 0.6 is 0 Å². The van der Waals surface area contributed by atoms with Gasteiger partial charge in [0.15, 0.2) is 0 Å². The predicted molar refractivity (Wildman–Crippen MR) is 34.4 cm³/mol. The Morgan fingerprint density at radius 1 is 1.80 bits per heavy atom. The third-order valence-corrected chi connectivity index (χ3v) is 0.986. The average Bonchev–Trinajstić information content (AvgIpc) is 1.88. The Morgan fingerprint density at radius 3 is 2.90 bits per heavy atom. The molecule has 0 saturated carbocycles. The summed E-state index contributed by atoms with van der Waals surface area (Å²) in [6.07, 6.45) is 1.39. The summed E-state index contributed by atoms with van der Waals surface area (Å²) in [4.78, 5) is 13.8. The van der Waals surface area contributed by atoms with E-state index in [2.05, 4.69) is 11.1 Å². The largest absolute Gasteiger partial charge is 0.478 e. The van der Waals surface area contributed by atoms with Gasteiger partial charge in [0, 0.05) is 12.3 Å². The minimum Gasteiger partial charge on any atom is -0.478 e. The number of anilines is 1. The highest BCUT2D eigenvalue weighted by molar-refractivity contribution is 5.91. The van der Waals surface area contributed by atoms with Gasteiger partial charge in [-0.05, 0) is 6.07 Å². The number of nitrogens with zero attached hydrogens (tertiary/aromatic N) is 1. The normalized spacial score (nSPS) is 9.20. The molecule has 1 aromatic rings. The van der Waals surface area contributed by atoms with Crippen LogP contribution in [-0.2, 0) is 0 Å². The van der Waals surface area contributed by atoms with E-state index in [-0.39, 0.29) is 11.4 Å². The average molecular weight is 137 g/mol. The molecule has 51 valence electrons. The summed E-state index contributed by atoms with van der Waals surface area (Å²) in [5.74, 6) is -1.11. The Balaban J connectivity index is 3.15. The topological polar surface area (TPSA) is 76.2 Å². The SMILES string of the molecule is Nc1ncc[c]c1C(=O)O. The highest BCUT2D eigenvalue weighted by Gasteiger charge is 2.06. The number of hydrogen-bond donors (Lipinski definition) is 2. The molecule has 0 saturated heterocycles. The fourth-order valence-electron chi connectivity index (χ4n) is 0.548. The van der Waals surface area contributed by atoms with Crippen molar-refractivity contribution in [2.75, 3.05) is 5.73 Å². The first-order chi connectivity index (χ1) is 4.72. The zero-order chi connectivity index (χ0) is 7.56. The first kappa shape index (κ1) is 6.54. The van der Waals surface area contributed by atoms with E-state index in [1.54, 1.807) is 0 Å². The molecule has 4 nitrogen and oxygen atoms in total. The van der Waals surface area contributed by atoms with Crippen molar-refractivity contribution in [3.8, 4) is 0 Å². The fourth-order valence-corrected chi connectivity index (χ4v) is 0.548. The van der Waals surface area contributed by atoms with Crippen LogP contribution in [0.1, 0.15) is 10.4 Å². The van der Waals surface area contributed by atoms with Gasteiger partial charge in [-0.15, -0.1) is 0 Å². The lowest BCUT2D eigenvalue weighted by Crippen LogP contribution is -2.03. The standard InChI is InChI=1S/C6H5N2O2/c7-5-4(6(9)10)2-1-3-8-5/h1,3H,(H2,7,8)(H,9,10). The molecule has 0 aliphatic heterocycles. The summed E-state index contributed by atoms with van der Waals surface area (Å²) in [6.45, 7) is 0. The highest BCUT2D eigenvalue weighted by Crippen LogP contribution is 2.04. The van der Waals surface area contributed by atoms with Crippen molar-refractivity contribution in [1.29, 1.82) is 0 Å². The molecule has 1 rings (SSSR count). The maximum Gasteiger partial charge on any atom is 0.340 e. The van der Waals surface area contributed by atoms with Gasteiger partial charge in [-0.1, -0.05) is 0 Å². The molecule has 10 heavy (non-hydrogen) atoms. The van der Waals surface area contributed by atoms with E-state index in [9.17, 15) is 4.79 Å². The van der Waals surface area contributed by atoms with Crippen LogP contribution in [0, 0.1) is 6.07 Å². The molecule has 3 N–H and O–H groups in total. The van der Waals surface area contributed by atoms with E-state index in [4.69, 9.17) is 10.8 Å². The quantitative estimate of drug-likeness (QED) is 0.578. The van der Waals surface area contributed by atoms with E-state index in [1.165, 1.54) is 12.3 Å². The molecule has 0 amide bonds. The van der Waals surface area contributed by atoms with Gasteiger partial charge in [0.2, 0.25) is 0 Å². The lowest BCUT2D eigenvalue weighted by molar-refractivity contribution is 0.0697. The number of nitrogen functional groups attached to an aromatic ring is 1. The molecule has 4 heteroatoms. The molecule has 1 radical (unpaired) electrons. The Labute approximate surface area is 57.3 Å². The van der Waals surface area contributed by atoms with Crippen molar-refractivity contribution in [3.05, 3.63) is 23.9 Å². The van der Waals surface area contributed by atoms with Crippen molar-refractivity contribution in [2.24, 2.45) is 0 Å². The molecule has 0 bridgehead atoms. The third kappa shape index (κ3) is 1.05. The highest BCUT2D eigenvalue weighted by atomic mass is 16.4. The lowest BCUT2D eigenvalue weighted by Gasteiger charge is -1.94. The van der Waals surface area contributed by atoms with E-state index in [0.717, 1.165) is 0 Å². The second-order valence-electron chi connectivity index (χ2n) is 1.65. The zero-order valence-corrected chi connectivity index (χ0v) is 5.03. The number of carboxylic acid groups (broad SMARTS) is 1. The van der Waals surface area contributed by atoms with E-state index in [1.807, 2.05) is 0 Å². The molecule has 1 heterocycles. The first-order valence-electron chi connectivity index (χ1n) is 2.57. The molecule has 0 atom stereocenters. The van der Waals surface area contributed by atoms with Crippen molar-refractivity contribution in [2.45, 2.75) is 0 Å². The molecule has 0 aliphatic rings. The third-order valence-electron chi connectivity index (χ3n) is 0.986. The maximum absolute atomic E-state index is 10.3. The van der Waals surface area contributed by atoms with Crippen LogP contribution in [0.15, 0.2) is 12.3 Å². The summed E-state index contributed by atoms with van der Waals surface area (Å²) in [5.41, 5.74) is 5.12. The van der Waals surface area contributed by atoms with Crippen molar-refractivity contribution in [3.63, 3.8) is 0 Å². The van der Waals surface area contributed by atoms with Gasteiger partial charge in [0.25, 0.3) is 0 Å². The lowest BCUT2D eigenvalue weighted by atomic mass is 10.3. The van der Waals surface area contributed by atoms with Gasteiger partial charge in [-0.2, -0.15) is 0 Å². The van der Waals surface area contributed by atoms with Crippen LogP contribution in [0.3, 0.4) is 0 Å².